The standard InChI is InChI=1S/C26H17F5N6O2/c27-19-9-7-15(23-33-22(26(29,30)31)21-24(34-23)36-37-35-21)10-18(19)25(38)32-17-8-6-16(20(28)11-17)13-39-12-14-4-2-1-3-5-14/h1-11H,12-13H2,(H,32,38)(H,33,34,35,36,37). The van der Waals surface area contributed by atoms with Crippen LogP contribution in [0.5, 0.6) is 0 Å². The lowest BCUT2D eigenvalue weighted by Crippen LogP contribution is -2.15. The van der Waals surface area contributed by atoms with Gasteiger partial charge in [-0.1, -0.05) is 41.6 Å². The first kappa shape index (κ1) is 25.9. The number of nitrogens with one attached hydrogen (secondary N) is 2. The highest BCUT2D eigenvalue weighted by Crippen LogP contribution is 2.33. The Labute approximate surface area is 216 Å². The minimum absolute atomic E-state index is 0.0122. The van der Waals surface area contributed by atoms with Crippen LogP contribution in [0.4, 0.5) is 27.6 Å². The van der Waals surface area contributed by atoms with Crippen LogP contribution in [0.15, 0.2) is 66.7 Å². The maximum atomic E-state index is 14.6. The Hall–Kier alpha value is -4.78. The number of carbonyl (C=O) groups excluding carboxylic acids is 1. The summed E-state index contributed by atoms with van der Waals surface area (Å²) in [5.74, 6) is -2.99. The third-order valence-corrected chi connectivity index (χ3v) is 5.61. The van der Waals surface area contributed by atoms with Gasteiger partial charge in [0.15, 0.2) is 22.7 Å². The van der Waals surface area contributed by atoms with Crippen LogP contribution >= 0.6 is 0 Å². The molecule has 198 valence electrons. The Morgan fingerprint density at radius 2 is 1.72 bits per heavy atom. The van der Waals surface area contributed by atoms with Crippen LogP contribution in [0.2, 0.25) is 0 Å². The van der Waals surface area contributed by atoms with Crippen LogP contribution in [0.3, 0.4) is 0 Å². The molecule has 1 amide bonds. The van der Waals surface area contributed by atoms with Gasteiger partial charge in [0.05, 0.1) is 18.8 Å². The lowest BCUT2D eigenvalue weighted by Gasteiger charge is -2.11. The van der Waals surface area contributed by atoms with E-state index in [1.165, 1.54) is 12.1 Å². The molecule has 0 fully saturated rings. The van der Waals surface area contributed by atoms with E-state index < -0.39 is 46.3 Å². The van der Waals surface area contributed by atoms with E-state index in [0.717, 1.165) is 29.8 Å². The molecule has 2 aromatic heterocycles. The summed E-state index contributed by atoms with van der Waals surface area (Å²) in [6.45, 7) is 0.272. The normalized spacial score (nSPS) is 11.6. The topological polar surface area (TPSA) is 106 Å². The zero-order valence-corrected chi connectivity index (χ0v) is 19.8. The first-order chi connectivity index (χ1) is 18.7. The Morgan fingerprint density at radius 3 is 2.46 bits per heavy atom. The summed E-state index contributed by atoms with van der Waals surface area (Å²) >= 11 is 0. The molecule has 0 bridgehead atoms. The van der Waals surface area contributed by atoms with Gasteiger partial charge in [-0.25, -0.2) is 23.8 Å². The van der Waals surface area contributed by atoms with Gasteiger partial charge in [0.25, 0.3) is 5.91 Å². The average Bonchev–Trinajstić information content (AvgIpc) is 3.38. The summed E-state index contributed by atoms with van der Waals surface area (Å²) in [5, 5.41) is 11.3. The van der Waals surface area contributed by atoms with Crippen LogP contribution in [0, 0.1) is 11.6 Å². The van der Waals surface area contributed by atoms with Crippen LogP contribution in [-0.2, 0) is 24.1 Å². The number of amides is 1. The number of hydrogen-bond donors (Lipinski definition) is 2. The number of fused-ring (bicyclic) bond motifs is 1. The molecule has 5 rings (SSSR count). The van der Waals surface area contributed by atoms with Crippen molar-refractivity contribution >= 4 is 22.8 Å². The summed E-state index contributed by atoms with van der Waals surface area (Å²) in [6.07, 6.45) is -4.87. The zero-order chi connectivity index (χ0) is 27.6. The number of halogens is 5. The molecule has 13 heteroatoms. The molecule has 8 nitrogen and oxygen atoms in total. The summed E-state index contributed by atoms with van der Waals surface area (Å²) in [6, 6.07) is 16.2. The molecule has 0 unspecified atom stereocenters. The van der Waals surface area contributed by atoms with Crippen molar-refractivity contribution in [1.29, 1.82) is 0 Å². The summed E-state index contributed by atoms with van der Waals surface area (Å²) in [4.78, 5) is 20.3. The highest BCUT2D eigenvalue weighted by Gasteiger charge is 2.37. The first-order valence-electron chi connectivity index (χ1n) is 11.4. The molecule has 0 aliphatic carbocycles. The molecule has 0 saturated heterocycles. The molecule has 0 radical (unpaired) electrons. The molecule has 39 heavy (non-hydrogen) atoms. The molecule has 0 saturated carbocycles. The third kappa shape index (κ3) is 5.72. The van der Waals surface area contributed by atoms with Crippen LogP contribution in [-0.4, -0.2) is 31.3 Å². The average molecular weight is 540 g/mol. The van der Waals surface area contributed by atoms with Gasteiger partial charge >= 0.3 is 6.18 Å². The molecule has 0 atom stereocenters. The maximum Gasteiger partial charge on any atom is 0.435 e. The van der Waals surface area contributed by atoms with Gasteiger partial charge in [-0.2, -0.15) is 13.2 Å². The van der Waals surface area contributed by atoms with Crippen LogP contribution in [0.25, 0.3) is 22.6 Å². The summed E-state index contributed by atoms with van der Waals surface area (Å²) in [7, 11) is 0. The second-order valence-electron chi connectivity index (χ2n) is 8.34. The van der Waals surface area contributed by atoms with Crippen molar-refractivity contribution in [2.24, 2.45) is 0 Å². The fourth-order valence-corrected chi connectivity index (χ4v) is 3.71. The first-order valence-corrected chi connectivity index (χ1v) is 11.4. The van der Waals surface area contributed by atoms with Gasteiger partial charge in [-0.15, -0.1) is 5.10 Å². The molecule has 0 aliphatic heterocycles. The Bertz CT molecular complexity index is 1660. The maximum absolute atomic E-state index is 14.6. The molecule has 5 aromatic rings. The van der Waals surface area contributed by atoms with E-state index in [-0.39, 0.29) is 35.7 Å². The Kier molecular flexibility index (Phi) is 6.98. The van der Waals surface area contributed by atoms with Gasteiger partial charge in [0.1, 0.15) is 11.6 Å². The molecular formula is C26H17F5N6O2. The summed E-state index contributed by atoms with van der Waals surface area (Å²) in [5.41, 5.74) is -1.58. The van der Waals surface area contributed by atoms with Crippen molar-refractivity contribution < 1.29 is 31.5 Å². The lowest BCUT2D eigenvalue weighted by atomic mass is 10.1. The van der Waals surface area contributed by atoms with Gasteiger partial charge in [0.2, 0.25) is 0 Å². The fraction of sp³-hybridized carbons (Fsp3) is 0.115. The molecule has 3 aromatic carbocycles. The number of aromatic nitrogens is 5. The number of hydrogen-bond acceptors (Lipinski definition) is 6. The van der Waals surface area contributed by atoms with E-state index in [9.17, 15) is 26.7 Å². The van der Waals surface area contributed by atoms with Crippen molar-refractivity contribution in [2.75, 3.05) is 5.32 Å². The van der Waals surface area contributed by atoms with E-state index >= 15 is 0 Å². The number of carbonyl (C=O) groups is 1. The number of H-pyrrole nitrogens is 1. The smallest absolute Gasteiger partial charge is 0.372 e. The van der Waals surface area contributed by atoms with E-state index in [0.29, 0.717) is 0 Å². The van der Waals surface area contributed by atoms with E-state index in [1.807, 2.05) is 30.3 Å². The number of ether oxygens (including phenoxy) is 1. The predicted molar refractivity (Wildman–Crippen MR) is 129 cm³/mol. The van der Waals surface area contributed by atoms with E-state index in [2.05, 4.69) is 30.7 Å². The number of nitrogens with zero attached hydrogens (tertiary/aromatic N) is 4. The van der Waals surface area contributed by atoms with Gasteiger partial charge in [-0.3, -0.25) is 4.79 Å². The minimum atomic E-state index is -4.87. The van der Waals surface area contributed by atoms with Crippen molar-refractivity contribution in [3.8, 4) is 11.4 Å². The van der Waals surface area contributed by atoms with Gasteiger partial charge < -0.3 is 10.1 Å². The Morgan fingerprint density at radius 1 is 0.923 bits per heavy atom. The number of benzene rings is 3. The van der Waals surface area contributed by atoms with Gasteiger partial charge in [0, 0.05) is 16.8 Å². The monoisotopic (exact) mass is 540 g/mol. The van der Waals surface area contributed by atoms with Crippen LogP contribution < -0.4 is 5.32 Å². The van der Waals surface area contributed by atoms with Crippen molar-refractivity contribution in [3.63, 3.8) is 0 Å². The highest BCUT2D eigenvalue weighted by atomic mass is 19.4. The molecule has 2 N–H and O–H groups in total. The van der Waals surface area contributed by atoms with Crippen molar-refractivity contribution in [1.82, 2.24) is 25.4 Å². The number of alkyl halides is 3. The molecular weight excluding hydrogens is 523 g/mol. The van der Waals surface area contributed by atoms with Gasteiger partial charge in [-0.05, 0) is 35.9 Å². The number of anilines is 1. The minimum Gasteiger partial charge on any atom is -0.372 e. The highest BCUT2D eigenvalue weighted by molar-refractivity contribution is 6.05. The van der Waals surface area contributed by atoms with Crippen molar-refractivity contribution in [3.05, 3.63) is 101 Å². The van der Waals surface area contributed by atoms with E-state index in [1.54, 1.807) is 0 Å². The van der Waals surface area contributed by atoms with E-state index in [4.69, 9.17) is 4.74 Å². The third-order valence-electron chi connectivity index (χ3n) is 5.61. The molecule has 0 spiro atoms. The molecule has 0 aliphatic rings. The quantitative estimate of drug-likeness (QED) is 0.257. The largest absolute Gasteiger partial charge is 0.435 e. The Balaban J connectivity index is 1.33. The second-order valence-corrected chi connectivity index (χ2v) is 8.34. The summed E-state index contributed by atoms with van der Waals surface area (Å²) < 4.78 is 75.1. The van der Waals surface area contributed by atoms with Crippen molar-refractivity contribution in [2.45, 2.75) is 19.4 Å². The SMILES string of the molecule is O=C(Nc1ccc(COCc2ccccc2)c(F)c1)c1cc(-c2nc(C(F)(F)F)c3nn[nH]c3n2)ccc1F. The lowest BCUT2D eigenvalue weighted by molar-refractivity contribution is -0.139. The molecule has 2 heterocycles. The number of rotatable bonds is 7. The number of aromatic amines is 1. The fourth-order valence-electron chi connectivity index (χ4n) is 3.71. The zero-order valence-electron chi connectivity index (χ0n) is 19.8. The van der Waals surface area contributed by atoms with Crippen LogP contribution in [0.1, 0.15) is 27.2 Å². The second kappa shape index (κ2) is 10.5. The predicted octanol–water partition coefficient (Wildman–Crippen LogP) is 5.68.